The molecule has 1 N–H and O–H groups in total. The molecule has 12 heavy (non-hydrogen) atoms. The molecule has 0 amide bonds. The molecule has 5 nitrogen and oxygen atoms in total. The first-order valence-electron chi connectivity index (χ1n) is 4.04. The van der Waals surface area contributed by atoms with E-state index in [1.54, 1.807) is 7.11 Å². The van der Waals surface area contributed by atoms with Gasteiger partial charge < -0.3 is 10.1 Å². The fraction of sp³-hybridized carbons (Fsp3) is 0.714. The van der Waals surface area contributed by atoms with Gasteiger partial charge in [0.05, 0.1) is 7.11 Å². The molecule has 0 spiro atoms. The Balaban J connectivity index is 2.88. The van der Waals surface area contributed by atoms with E-state index in [9.17, 15) is 0 Å². The van der Waals surface area contributed by atoms with Gasteiger partial charge in [-0.25, -0.2) is 0 Å². The number of nitrogens with one attached hydrogen (secondary N) is 1. The van der Waals surface area contributed by atoms with Crippen LogP contribution in [0.15, 0.2) is 0 Å². The van der Waals surface area contributed by atoms with Gasteiger partial charge in [-0.05, 0) is 13.8 Å². The lowest BCUT2D eigenvalue weighted by Gasteiger charge is -2.05. The highest BCUT2D eigenvalue weighted by atomic mass is 16.5. The van der Waals surface area contributed by atoms with Crippen molar-refractivity contribution in [3.8, 4) is 6.01 Å². The molecular formula is C7H14N4O. The van der Waals surface area contributed by atoms with E-state index >= 15 is 0 Å². The molecule has 0 atom stereocenters. The molecule has 0 unspecified atom stereocenters. The van der Waals surface area contributed by atoms with Gasteiger partial charge >= 0.3 is 6.01 Å². The molecule has 1 rings (SSSR count). The minimum absolute atomic E-state index is 0.549. The lowest BCUT2D eigenvalue weighted by Crippen LogP contribution is -2.06. The molecule has 0 saturated carbocycles. The molecular weight excluding hydrogens is 156 g/mol. The summed E-state index contributed by atoms with van der Waals surface area (Å²) in [5.74, 6) is 0.761. The lowest BCUT2D eigenvalue weighted by molar-refractivity contribution is 0.358. The maximum absolute atomic E-state index is 5.01. The first-order valence-corrected chi connectivity index (χ1v) is 4.04. The summed E-state index contributed by atoms with van der Waals surface area (Å²) >= 11 is 0. The summed E-state index contributed by atoms with van der Waals surface area (Å²) < 4.78 is 6.89. The summed E-state index contributed by atoms with van der Waals surface area (Å²) in [7, 11) is 1.59. The highest BCUT2D eigenvalue weighted by Gasteiger charge is 2.08. The summed E-state index contributed by atoms with van der Waals surface area (Å²) in [6.07, 6.45) is 0. The van der Waals surface area contributed by atoms with E-state index in [4.69, 9.17) is 4.74 Å². The fourth-order valence-corrected chi connectivity index (χ4v) is 1.01. The average Bonchev–Trinajstić information content (AvgIpc) is 2.47. The van der Waals surface area contributed by atoms with Crippen molar-refractivity contribution in [2.75, 3.05) is 19.0 Å². The van der Waals surface area contributed by atoms with Crippen LogP contribution in [0.1, 0.15) is 13.8 Å². The normalized spacial score (nSPS) is 9.92. The summed E-state index contributed by atoms with van der Waals surface area (Å²) in [5.41, 5.74) is 0. The topological polar surface area (TPSA) is 52.0 Å². The van der Waals surface area contributed by atoms with Gasteiger partial charge in [-0.2, -0.15) is 0 Å². The maximum Gasteiger partial charge on any atom is 0.318 e. The van der Waals surface area contributed by atoms with Gasteiger partial charge in [0.15, 0.2) is 0 Å². The largest absolute Gasteiger partial charge is 0.467 e. The Morgan fingerprint density at radius 2 is 2.17 bits per heavy atom. The molecule has 0 aliphatic rings. The van der Waals surface area contributed by atoms with Crippen LogP contribution in [0.4, 0.5) is 5.95 Å². The SMILES string of the molecule is CCNc1nnc(OC)n1CC. The zero-order valence-electron chi connectivity index (χ0n) is 7.66. The van der Waals surface area contributed by atoms with Gasteiger partial charge in [-0.15, -0.1) is 5.10 Å². The van der Waals surface area contributed by atoms with Crippen molar-refractivity contribution in [1.29, 1.82) is 0 Å². The van der Waals surface area contributed by atoms with Crippen LogP contribution in [0, 0.1) is 0 Å². The molecule has 0 aromatic carbocycles. The molecule has 0 saturated heterocycles. The number of hydrogen-bond donors (Lipinski definition) is 1. The van der Waals surface area contributed by atoms with Crippen LogP contribution in [0.25, 0.3) is 0 Å². The smallest absolute Gasteiger partial charge is 0.318 e. The average molecular weight is 170 g/mol. The Morgan fingerprint density at radius 3 is 2.67 bits per heavy atom. The Morgan fingerprint density at radius 1 is 1.42 bits per heavy atom. The molecule has 68 valence electrons. The van der Waals surface area contributed by atoms with Crippen molar-refractivity contribution >= 4 is 5.95 Å². The predicted octanol–water partition coefficient (Wildman–Crippen LogP) is 0.738. The molecule has 0 aliphatic carbocycles. The van der Waals surface area contributed by atoms with Crippen molar-refractivity contribution in [3.05, 3.63) is 0 Å². The minimum Gasteiger partial charge on any atom is -0.467 e. The first kappa shape index (κ1) is 8.83. The van der Waals surface area contributed by atoms with E-state index in [0.717, 1.165) is 19.0 Å². The molecule has 0 radical (unpaired) electrons. The quantitative estimate of drug-likeness (QED) is 0.724. The molecule has 0 bridgehead atoms. The zero-order valence-corrected chi connectivity index (χ0v) is 7.66. The Kier molecular flexibility index (Phi) is 2.90. The predicted molar refractivity (Wildman–Crippen MR) is 46.4 cm³/mol. The molecule has 1 heterocycles. The second-order valence-electron chi connectivity index (χ2n) is 2.28. The Labute approximate surface area is 71.7 Å². The van der Waals surface area contributed by atoms with Gasteiger partial charge in [-0.1, -0.05) is 5.10 Å². The standard InChI is InChI=1S/C7H14N4O/c1-4-8-6-9-10-7(12-3)11(6)5-2/h4-5H2,1-3H3,(H,8,9). The Hall–Kier alpha value is -1.26. The maximum atomic E-state index is 5.01. The highest BCUT2D eigenvalue weighted by molar-refractivity contribution is 5.27. The van der Waals surface area contributed by atoms with Crippen LogP contribution in [0.3, 0.4) is 0 Å². The van der Waals surface area contributed by atoms with E-state index in [-0.39, 0.29) is 0 Å². The summed E-state index contributed by atoms with van der Waals surface area (Å²) in [6, 6.07) is 0.549. The summed E-state index contributed by atoms with van der Waals surface area (Å²) in [5, 5.41) is 10.9. The second-order valence-corrected chi connectivity index (χ2v) is 2.28. The summed E-state index contributed by atoms with van der Waals surface area (Å²) in [4.78, 5) is 0. The molecule has 1 aromatic rings. The first-order chi connectivity index (χ1) is 5.83. The number of hydrogen-bond acceptors (Lipinski definition) is 4. The number of aromatic nitrogens is 3. The van der Waals surface area contributed by atoms with Gasteiger partial charge in [0.1, 0.15) is 0 Å². The molecule has 1 aromatic heterocycles. The van der Waals surface area contributed by atoms with E-state index in [1.807, 2.05) is 18.4 Å². The number of ether oxygens (including phenoxy) is 1. The minimum atomic E-state index is 0.549. The molecule has 0 aliphatic heterocycles. The van der Waals surface area contributed by atoms with E-state index in [0.29, 0.717) is 6.01 Å². The van der Waals surface area contributed by atoms with Crippen LogP contribution >= 0.6 is 0 Å². The van der Waals surface area contributed by atoms with Crippen molar-refractivity contribution in [2.24, 2.45) is 0 Å². The molecule has 5 heteroatoms. The van der Waals surface area contributed by atoms with Gasteiger partial charge in [0.25, 0.3) is 0 Å². The van der Waals surface area contributed by atoms with Crippen LogP contribution in [-0.4, -0.2) is 28.4 Å². The van der Waals surface area contributed by atoms with E-state index in [2.05, 4.69) is 15.5 Å². The van der Waals surface area contributed by atoms with Crippen LogP contribution in [0.5, 0.6) is 6.01 Å². The monoisotopic (exact) mass is 170 g/mol. The van der Waals surface area contributed by atoms with Crippen LogP contribution in [0.2, 0.25) is 0 Å². The third kappa shape index (κ3) is 1.49. The van der Waals surface area contributed by atoms with Crippen molar-refractivity contribution in [2.45, 2.75) is 20.4 Å². The third-order valence-electron chi connectivity index (χ3n) is 1.55. The second kappa shape index (κ2) is 3.94. The van der Waals surface area contributed by atoms with Crippen molar-refractivity contribution in [1.82, 2.24) is 14.8 Å². The zero-order chi connectivity index (χ0) is 8.97. The lowest BCUT2D eigenvalue weighted by atomic mass is 10.7. The van der Waals surface area contributed by atoms with Crippen molar-refractivity contribution in [3.63, 3.8) is 0 Å². The van der Waals surface area contributed by atoms with E-state index in [1.165, 1.54) is 0 Å². The number of methoxy groups -OCH3 is 1. The number of anilines is 1. The van der Waals surface area contributed by atoms with Crippen LogP contribution < -0.4 is 10.1 Å². The highest BCUT2D eigenvalue weighted by Crippen LogP contribution is 2.12. The van der Waals surface area contributed by atoms with E-state index < -0.39 is 0 Å². The van der Waals surface area contributed by atoms with Gasteiger partial charge in [0, 0.05) is 13.1 Å². The summed E-state index contributed by atoms with van der Waals surface area (Å²) in [6.45, 7) is 5.67. The van der Waals surface area contributed by atoms with Crippen molar-refractivity contribution < 1.29 is 4.74 Å². The van der Waals surface area contributed by atoms with Gasteiger partial charge in [-0.3, -0.25) is 4.57 Å². The third-order valence-corrected chi connectivity index (χ3v) is 1.55. The fourth-order valence-electron chi connectivity index (χ4n) is 1.01. The van der Waals surface area contributed by atoms with Crippen LogP contribution in [-0.2, 0) is 6.54 Å². The number of nitrogens with zero attached hydrogens (tertiary/aromatic N) is 3. The molecule has 0 fully saturated rings. The van der Waals surface area contributed by atoms with Gasteiger partial charge in [0.2, 0.25) is 5.95 Å². The number of rotatable bonds is 4. The Bertz CT molecular complexity index is 246.